The van der Waals surface area contributed by atoms with E-state index < -0.39 is 5.91 Å². The van der Waals surface area contributed by atoms with E-state index in [9.17, 15) is 9.59 Å². The van der Waals surface area contributed by atoms with Crippen LogP contribution < -0.4 is 16.8 Å². The van der Waals surface area contributed by atoms with Crippen LogP contribution in [0.3, 0.4) is 0 Å². The van der Waals surface area contributed by atoms with Crippen LogP contribution in [0.4, 0.5) is 5.69 Å². The van der Waals surface area contributed by atoms with Crippen molar-refractivity contribution in [3.63, 3.8) is 0 Å². The van der Waals surface area contributed by atoms with E-state index in [1.807, 2.05) is 0 Å². The summed E-state index contributed by atoms with van der Waals surface area (Å²) < 4.78 is 0.708. The van der Waals surface area contributed by atoms with E-state index in [0.29, 0.717) is 21.3 Å². The number of anilines is 1. The Hall–Kier alpha value is -1.56. The van der Waals surface area contributed by atoms with Gasteiger partial charge in [-0.15, -0.1) is 0 Å². The summed E-state index contributed by atoms with van der Waals surface area (Å²) in [5.74, 6) is -0.960. The summed E-state index contributed by atoms with van der Waals surface area (Å²) in [5, 5.41) is 2.40. The second kappa shape index (κ2) is 4.98. The summed E-state index contributed by atoms with van der Waals surface area (Å²) in [5.41, 5.74) is 12.3. The fourth-order valence-electron chi connectivity index (χ4n) is 1.20. The number of hydrogen-bond donors (Lipinski definition) is 3. The van der Waals surface area contributed by atoms with E-state index in [2.05, 4.69) is 21.2 Å². The maximum Gasteiger partial charge on any atom is 0.252 e. The van der Waals surface area contributed by atoms with E-state index in [0.717, 1.165) is 0 Å². The molecule has 5 nitrogen and oxygen atoms in total. The van der Waals surface area contributed by atoms with E-state index in [4.69, 9.17) is 11.5 Å². The molecule has 0 aliphatic heterocycles. The number of hydrogen-bond acceptors (Lipinski definition) is 3. The Bertz CT molecular complexity index is 446. The molecule has 0 fully saturated rings. The number of halogens is 1. The summed E-state index contributed by atoms with van der Waals surface area (Å²) in [7, 11) is 0. The first-order chi connectivity index (χ1) is 7.41. The number of nitrogens with two attached hydrogens (primary N) is 2. The lowest BCUT2D eigenvalue weighted by Gasteiger charge is -2.09. The van der Waals surface area contributed by atoms with Crippen LogP contribution in [0.2, 0.25) is 0 Å². The molecule has 0 unspecified atom stereocenters. The van der Waals surface area contributed by atoms with Gasteiger partial charge in [0, 0.05) is 15.7 Å². The molecule has 0 atom stereocenters. The molecule has 0 bridgehead atoms. The van der Waals surface area contributed by atoms with Gasteiger partial charge in [-0.25, -0.2) is 0 Å². The lowest BCUT2D eigenvalue weighted by molar-refractivity contribution is -0.117. The topological polar surface area (TPSA) is 98.2 Å². The summed E-state index contributed by atoms with van der Waals surface area (Å²) >= 11 is 3.24. The molecule has 16 heavy (non-hydrogen) atoms. The minimum atomic E-state index is -0.589. The Morgan fingerprint density at radius 2 is 2.06 bits per heavy atom. The van der Waals surface area contributed by atoms with Crippen molar-refractivity contribution in [1.29, 1.82) is 0 Å². The van der Waals surface area contributed by atoms with Crippen LogP contribution in [-0.2, 0) is 4.79 Å². The third-order valence-electron chi connectivity index (χ3n) is 2.08. The first-order valence-electron chi connectivity index (χ1n) is 4.54. The Morgan fingerprint density at radius 3 is 2.62 bits per heavy atom. The Balaban J connectivity index is 2.95. The summed E-state index contributed by atoms with van der Waals surface area (Å²) in [6.07, 6.45) is 0. The predicted molar refractivity (Wildman–Crippen MR) is 64.8 cm³/mol. The summed E-state index contributed by atoms with van der Waals surface area (Å²) in [6.45, 7) is 1.55. The van der Waals surface area contributed by atoms with Crippen LogP contribution in [0.15, 0.2) is 16.6 Å². The molecule has 0 saturated heterocycles. The highest BCUT2D eigenvalue weighted by Crippen LogP contribution is 2.22. The van der Waals surface area contributed by atoms with Crippen LogP contribution in [0, 0.1) is 6.92 Å². The molecule has 0 aliphatic carbocycles. The highest BCUT2D eigenvalue weighted by molar-refractivity contribution is 9.10. The smallest absolute Gasteiger partial charge is 0.252 e. The van der Waals surface area contributed by atoms with Crippen molar-refractivity contribution in [2.75, 3.05) is 12.3 Å². The minimum absolute atomic E-state index is 0.190. The maximum atomic E-state index is 11.7. The molecule has 0 radical (unpaired) electrons. The van der Waals surface area contributed by atoms with Gasteiger partial charge in [0.25, 0.3) is 5.91 Å². The number of benzene rings is 1. The fraction of sp³-hybridized carbons (Fsp3) is 0.200. The summed E-state index contributed by atoms with van der Waals surface area (Å²) in [6, 6.07) is 3.35. The van der Waals surface area contributed by atoms with Crippen molar-refractivity contribution in [2.24, 2.45) is 5.73 Å². The molecule has 86 valence electrons. The second-order valence-electron chi connectivity index (χ2n) is 3.32. The first kappa shape index (κ1) is 12.5. The van der Waals surface area contributed by atoms with Gasteiger partial charge < -0.3 is 16.8 Å². The molecule has 5 N–H and O–H groups in total. The zero-order valence-electron chi connectivity index (χ0n) is 8.71. The van der Waals surface area contributed by atoms with Crippen molar-refractivity contribution in [2.45, 2.75) is 6.92 Å². The van der Waals surface area contributed by atoms with Gasteiger partial charge in [0.15, 0.2) is 0 Å². The molecule has 0 saturated carbocycles. The lowest BCUT2D eigenvalue weighted by Crippen LogP contribution is -2.33. The molecular formula is C10H12BrN3O2. The average molecular weight is 286 g/mol. The van der Waals surface area contributed by atoms with Gasteiger partial charge in [0.05, 0.1) is 6.54 Å². The maximum absolute atomic E-state index is 11.7. The van der Waals surface area contributed by atoms with E-state index in [1.54, 1.807) is 19.1 Å². The Kier molecular flexibility index (Phi) is 3.89. The number of carbonyl (C=O) groups excluding carboxylic acids is 2. The normalized spacial score (nSPS) is 9.88. The number of nitrogen functional groups attached to an aromatic ring is 1. The van der Waals surface area contributed by atoms with E-state index in [1.165, 1.54) is 0 Å². The van der Waals surface area contributed by atoms with E-state index in [-0.39, 0.29) is 12.5 Å². The highest BCUT2D eigenvalue weighted by Gasteiger charge is 2.12. The van der Waals surface area contributed by atoms with Gasteiger partial charge in [-0.3, -0.25) is 9.59 Å². The van der Waals surface area contributed by atoms with Crippen LogP contribution in [-0.4, -0.2) is 18.4 Å². The van der Waals surface area contributed by atoms with Gasteiger partial charge >= 0.3 is 0 Å². The molecular weight excluding hydrogens is 274 g/mol. The van der Waals surface area contributed by atoms with Crippen molar-refractivity contribution in [3.8, 4) is 0 Å². The monoisotopic (exact) mass is 285 g/mol. The van der Waals surface area contributed by atoms with Gasteiger partial charge in [-0.1, -0.05) is 15.9 Å². The molecule has 0 aliphatic rings. The molecule has 0 aromatic heterocycles. The Labute approximate surface area is 101 Å². The van der Waals surface area contributed by atoms with Gasteiger partial charge in [0.1, 0.15) is 0 Å². The largest absolute Gasteiger partial charge is 0.398 e. The predicted octanol–water partition coefficient (Wildman–Crippen LogP) is 0.555. The Morgan fingerprint density at radius 1 is 1.44 bits per heavy atom. The number of nitrogens with one attached hydrogen (secondary N) is 1. The van der Waals surface area contributed by atoms with Crippen LogP contribution in [0.5, 0.6) is 0 Å². The SMILES string of the molecule is Cc1c(N)cc(Br)cc1C(=O)NCC(N)=O. The molecule has 0 spiro atoms. The van der Waals surface area contributed by atoms with Crippen molar-refractivity contribution >= 4 is 33.4 Å². The molecule has 6 heteroatoms. The van der Waals surface area contributed by atoms with Crippen LogP contribution in [0.25, 0.3) is 0 Å². The quantitative estimate of drug-likeness (QED) is 0.708. The number of rotatable bonds is 3. The molecule has 1 rings (SSSR count). The van der Waals surface area contributed by atoms with Crippen molar-refractivity contribution in [1.82, 2.24) is 5.32 Å². The molecule has 2 amide bonds. The first-order valence-corrected chi connectivity index (χ1v) is 5.33. The van der Waals surface area contributed by atoms with Gasteiger partial charge in [-0.05, 0) is 24.6 Å². The minimum Gasteiger partial charge on any atom is -0.398 e. The lowest BCUT2D eigenvalue weighted by atomic mass is 10.1. The molecule has 1 aromatic carbocycles. The van der Waals surface area contributed by atoms with Crippen LogP contribution in [0.1, 0.15) is 15.9 Å². The summed E-state index contributed by atoms with van der Waals surface area (Å²) in [4.78, 5) is 22.2. The van der Waals surface area contributed by atoms with Crippen molar-refractivity contribution < 1.29 is 9.59 Å². The average Bonchev–Trinajstić information content (AvgIpc) is 2.19. The third-order valence-corrected chi connectivity index (χ3v) is 2.54. The van der Waals surface area contributed by atoms with Crippen LogP contribution >= 0.6 is 15.9 Å². The second-order valence-corrected chi connectivity index (χ2v) is 4.23. The fourth-order valence-corrected chi connectivity index (χ4v) is 1.67. The molecule has 1 aromatic rings. The van der Waals surface area contributed by atoms with Gasteiger partial charge in [-0.2, -0.15) is 0 Å². The zero-order chi connectivity index (χ0) is 12.3. The highest BCUT2D eigenvalue weighted by atomic mass is 79.9. The van der Waals surface area contributed by atoms with E-state index >= 15 is 0 Å². The third kappa shape index (κ3) is 2.96. The number of primary amides is 1. The standard InChI is InChI=1S/C10H12BrN3O2/c1-5-7(2-6(11)3-8(5)12)10(16)14-4-9(13)15/h2-3H,4,12H2,1H3,(H2,13,15)(H,14,16). The van der Waals surface area contributed by atoms with Gasteiger partial charge in [0.2, 0.25) is 5.91 Å². The number of carbonyl (C=O) groups is 2. The zero-order valence-corrected chi connectivity index (χ0v) is 10.3. The van der Waals surface area contributed by atoms with Crippen molar-refractivity contribution in [3.05, 3.63) is 27.7 Å². The number of amides is 2. The molecule has 0 heterocycles.